The van der Waals surface area contributed by atoms with E-state index in [0.29, 0.717) is 24.2 Å². The van der Waals surface area contributed by atoms with Crippen LogP contribution in [0.2, 0.25) is 0 Å². The fourth-order valence-corrected chi connectivity index (χ4v) is 2.34. The molecular formula is C18H20O4. The molecule has 0 aromatic heterocycles. The minimum absolute atomic E-state index is 0.0438. The molecule has 0 bridgehead atoms. The molecule has 0 aliphatic rings. The van der Waals surface area contributed by atoms with Crippen molar-refractivity contribution < 1.29 is 19.0 Å². The average molecular weight is 300 g/mol. The first-order valence-corrected chi connectivity index (χ1v) is 7.06. The van der Waals surface area contributed by atoms with Crippen molar-refractivity contribution in [3.63, 3.8) is 0 Å². The molecule has 0 radical (unpaired) electrons. The summed E-state index contributed by atoms with van der Waals surface area (Å²) in [4.78, 5) is 12.4. The topological polar surface area (TPSA) is 44.8 Å². The van der Waals surface area contributed by atoms with Gasteiger partial charge in [0.15, 0.2) is 5.78 Å². The Morgan fingerprint density at radius 1 is 0.909 bits per heavy atom. The molecule has 0 amide bonds. The predicted octanol–water partition coefficient (Wildman–Crippen LogP) is 3.53. The standard InChI is InChI=1S/C18H20O4/c1-20-14-9-11-17(21-2)13(12-14)8-10-16(19)15-6-4-5-7-18(15)22-3/h4-7,9,11-12H,8,10H2,1-3H3. The van der Waals surface area contributed by atoms with Gasteiger partial charge in [0.05, 0.1) is 26.9 Å². The zero-order chi connectivity index (χ0) is 15.9. The molecule has 116 valence electrons. The van der Waals surface area contributed by atoms with Crippen LogP contribution in [-0.2, 0) is 6.42 Å². The maximum absolute atomic E-state index is 12.4. The zero-order valence-corrected chi connectivity index (χ0v) is 13.1. The second-order valence-corrected chi connectivity index (χ2v) is 4.80. The highest BCUT2D eigenvalue weighted by Gasteiger charge is 2.13. The number of ketones is 1. The molecular weight excluding hydrogens is 280 g/mol. The van der Waals surface area contributed by atoms with Gasteiger partial charge in [-0.2, -0.15) is 0 Å². The van der Waals surface area contributed by atoms with Crippen LogP contribution in [0.3, 0.4) is 0 Å². The second-order valence-electron chi connectivity index (χ2n) is 4.80. The van der Waals surface area contributed by atoms with Crippen LogP contribution in [0.15, 0.2) is 42.5 Å². The Balaban J connectivity index is 2.14. The maximum Gasteiger partial charge on any atom is 0.166 e. The van der Waals surface area contributed by atoms with Crippen molar-refractivity contribution in [2.24, 2.45) is 0 Å². The fraction of sp³-hybridized carbons (Fsp3) is 0.278. The SMILES string of the molecule is COc1ccc(OC)c(CCC(=O)c2ccccc2OC)c1. The molecule has 0 saturated carbocycles. The molecule has 0 atom stereocenters. The van der Waals surface area contributed by atoms with Gasteiger partial charge >= 0.3 is 0 Å². The first-order valence-electron chi connectivity index (χ1n) is 7.06. The van der Waals surface area contributed by atoms with Crippen LogP contribution < -0.4 is 14.2 Å². The summed E-state index contributed by atoms with van der Waals surface area (Å²) < 4.78 is 15.8. The van der Waals surface area contributed by atoms with Crippen LogP contribution in [0.4, 0.5) is 0 Å². The van der Waals surface area contributed by atoms with Gasteiger partial charge < -0.3 is 14.2 Å². The molecule has 0 aliphatic heterocycles. The second kappa shape index (κ2) is 7.50. The number of carbonyl (C=O) groups is 1. The lowest BCUT2D eigenvalue weighted by Crippen LogP contribution is -2.04. The number of ether oxygens (including phenoxy) is 3. The van der Waals surface area contributed by atoms with E-state index in [1.165, 1.54) is 0 Å². The molecule has 0 fully saturated rings. The van der Waals surface area contributed by atoms with E-state index in [9.17, 15) is 4.79 Å². The summed E-state index contributed by atoms with van der Waals surface area (Å²) in [6.07, 6.45) is 0.959. The Morgan fingerprint density at radius 3 is 2.32 bits per heavy atom. The van der Waals surface area contributed by atoms with Crippen molar-refractivity contribution in [1.29, 1.82) is 0 Å². The number of benzene rings is 2. The third kappa shape index (κ3) is 3.58. The van der Waals surface area contributed by atoms with E-state index < -0.39 is 0 Å². The Bertz CT molecular complexity index is 649. The van der Waals surface area contributed by atoms with Gasteiger partial charge in [0, 0.05) is 6.42 Å². The molecule has 2 aromatic carbocycles. The molecule has 0 spiro atoms. The number of aryl methyl sites for hydroxylation is 1. The van der Waals surface area contributed by atoms with Gasteiger partial charge in [0.2, 0.25) is 0 Å². The summed E-state index contributed by atoms with van der Waals surface area (Å²) in [5.41, 5.74) is 1.55. The van der Waals surface area contributed by atoms with Crippen molar-refractivity contribution in [1.82, 2.24) is 0 Å². The number of carbonyl (C=O) groups excluding carboxylic acids is 1. The van der Waals surface area contributed by atoms with Crippen LogP contribution in [-0.4, -0.2) is 27.1 Å². The van der Waals surface area contributed by atoms with Crippen LogP contribution >= 0.6 is 0 Å². The van der Waals surface area contributed by atoms with Crippen molar-refractivity contribution in [3.8, 4) is 17.2 Å². The zero-order valence-electron chi connectivity index (χ0n) is 13.1. The molecule has 2 aromatic rings. The number of Topliss-reactive ketones (excluding diaryl/α,β-unsaturated/α-hetero) is 1. The molecule has 4 heteroatoms. The van der Waals surface area contributed by atoms with E-state index in [1.807, 2.05) is 30.3 Å². The molecule has 0 unspecified atom stereocenters. The van der Waals surface area contributed by atoms with Crippen molar-refractivity contribution in [2.75, 3.05) is 21.3 Å². The fourth-order valence-electron chi connectivity index (χ4n) is 2.34. The van der Waals surface area contributed by atoms with Gasteiger partial charge in [-0.15, -0.1) is 0 Å². The van der Waals surface area contributed by atoms with E-state index in [2.05, 4.69) is 0 Å². The van der Waals surface area contributed by atoms with Crippen molar-refractivity contribution in [3.05, 3.63) is 53.6 Å². The number of hydrogen-bond acceptors (Lipinski definition) is 4. The maximum atomic E-state index is 12.4. The van der Waals surface area contributed by atoms with Gasteiger partial charge in [0.1, 0.15) is 17.2 Å². The molecule has 0 N–H and O–H groups in total. The third-order valence-electron chi connectivity index (χ3n) is 3.52. The summed E-state index contributed by atoms with van der Waals surface area (Å²) in [5, 5.41) is 0. The van der Waals surface area contributed by atoms with E-state index in [4.69, 9.17) is 14.2 Å². The quantitative estimate of drug-likeness (QED) is 0.734. The molecule has 0 saturated heterocycles. The van der Waals surface area contributed by atoms with Crippen molar-refractivity contribution >= 4 is 5.78 Å². The number of hydrogen-bond donors (Lipinski definition) is 0. The van der Waals surface area contributed by atoms with E-state index >= 15 is 0 Å². The summed E-state index contributed by atoms with van der Waals surface area (Å²) in [6, 6.07) is 12.8. The smallest absolute Gasteiger partial charge is 0.166 e. The Morgan fingerprint density at radius 2 is 1.64 bits per heavy atom. The summed E-state index contributed by atoms with van der Waals surface area (Å²) in [6.45, 7) is 0. The Kier molecular flexibility index (Phi) is 5.42. The summed E-state index contributed by atoms with van der Waals surface area (Å²) >= 11 is 0. The van der Waals surface area contributed by atoms with Gasteiger partial charge in [-0.25, -0.2) is 0 Å². The van der Waals surface area contributed by atoms with E-state index in [0.717, 1.165) is 17.1 Å². The Hall–Kier alpha value is -2.49. The summed E-state index contributed by atoms with van der Waals surface area (Å²) in [5.74, 6) is 2.15. The van der Waals surface area contributed by atoms with Gasteiger partial charge in [0.25, 0.3) is 0 Å². The lowest BCUT2D eigenvalue weighted by Gasteiger charge is -2.11. The van der Waals surface area contributed by atoms with E-state index in [1.54, 1.807) is 33.5 Å². The lowest BCUT2D eigenvalue weighted by molar-refractivity contribution is 0.0979. The molecule has 2 rings (SSSR count). The minimum atomic E-state index is 0.0438. The van der Waals surface area contributed by atoms with E-state index in [-0.39, 0.29) is 5.78 Å². The van der Waals surface area contributed by atoms with Crippen LogP contribution in [0.5, 0.6) is 17.2 Å². The lowest BCUT2D eigenvalue weighted by atomic mass is 10.0. The highest BCUT2D eigenvalue weighted by atomic mass is 16.5. The predicted molar refractivity (Wildman–Crippen MR) is 85.2 cm³/mol. The monoisotopic (exact) mass is 300 g/mol. The largest absolute Gasteiger partial charge is 0.497 e. The molecule has 0 aliphatic carbocycles. The van der Waals surface area contributed by atoms with Crippen LogP contribution in [0.25, 0.3) is 0 Å². The van der Waals surface area contributed by atoms with Gasteiger partial charge in [-0.05, 0) is 42.3 Å². The van der Waals surface area contributed by atoms with Crippen LogP contribution in [0, 0.1) is 0 Å². The number of rotatable bonds is 7. The molecule has 22 heavy (non-hydrogen) atoms. The first kappa shape index (κ1) is 15.9. The Labute approximate surface area is 130 Å². The molecule has 4 nitrogen and oxygen atoms in total. The average Bonchev–Trinajstić information content (AvgIpc) is 2.59. The highest BCUT2D eigenvalue weighted by Crippen LogP contribution is 2.26. The van der Waals surface area contributed by atoms with Gasteiger partial charge in [-0.1, -0.05) is 12.1 Å². The van der Waals surface area contributed by atoms with Crippen molar-refractivity contribution in [2.45, 2.75) is 12.8 Å². The first-order chi connectivity index (χ1) is 10.7. The van der Waals surface area contributed by atoms with Crippen LogP contribution in [0.1, 0.15) is 22.3 Å². The summed E-state index contributed by atoms with van der Waals surface area (Å²) in [7, 11) is 4.80. The minimum Gasteiger partial charge on any atom is -0.497 e. The number of methoxy groups -OCH3 is 3. The number of para-hydroxylation sites is 1. The highest BCUT2D eigenvalue weighted by molar-refractivity contribution is 5.98. The third-order valence-corrected chi connectivity index (χ3v) is 3.52. The normalized spacial score (nSPS) is 10.1. The van der Waals surface area contributed by atoms with Gasteiger partial charge in [-0.3, -0.25) is 4.79 Å². The molecule has 0 heterocycles.